The summed E-state index contributed by atoms with van der Waals surface area (Å²) in [5, 5.41) is 12.0. The fourth-order valence-corrected chi connectivity index (χ4v) is 1.29. The predicted molar refractivity (Wildman–Crippen MR) is 73.5 cm³/mol. The third kappa shape index (κ3) is 4.21. The van der Waals surface area contributed by atoms with Crippen LogP contribution in [0.5, 0.6) is 0 Å². The summed E-state index contributed by atoms with van der Waals surface area (Å²) in [7, 11) is 1.84. The van der Waals surface area contributed by atoms with Crippen molar-refractivity contribution >= 4 is 11.6 Å². The van der Waals surface area contributed by atoms with E-state index in [4.69, 9.17) is 5.26 Å². The third-order valence-electron chi connectivity index (χ3n) is 3.06. The molecular formula is C13H21N5. The molecule has 0 aliphatic heterocycles. The quantitative estimate of drug-likeness (QED) is 0.781. The Morgan fingerprint density at radius 1 is 1.44 bits per heavy atom. The number of aromatic nitrogens is 2. The molecule has 1 heterocycles. The molecule has 0 radical (unpaired) electrons. The highest BCUT2D eigenvalue weighted by atomic mass is 15.2. The fourth-order valence-electron chi connectivity index (χ4n) is 1.29. The van der Waals surface area contributed by atoms with E-state index < -0.39 is 0 Å². The van der Waals surface area contributed by atoms with Crippen molar-refractivity contribution in [3.05, 3.63) is 12.4 Å². The van der Waals surface area contributed by atoms with E-state index in [1.165, 1.54) is 6.33 Å². The Bertz CT molecular complexity index is 422. The van der Waals surface area contributed by atoms with Crippen LogP contribution in [0, 0.1) is 16.7 Å². The molecule has 1 aromatic heterocycles. The van der Waals surface area contributed by atoms with Crippen molar-refractivity contribution in [3.8, 4) is 6.07 Å². The van der Waals surface area contributed by atoms with Crippen LogP contribution in [0.3, 0.4) is 0 Å². The van der Waals surface area contributed by atoms with Gasteiger partial charge >= 0.3 is 0 Å². The van der Waals surface area contributed by atoms with Crippen molar-refractivity contribution in [2.75, 3.05) is 30.4 Å². The molecule has 0 unspecified atom stereocenters. The molecule has 0 aromatic carbocycles. The van der Waals surface area contributed by atoms with Crippen molar-refractivity contribution in [3.63, 3.8) is 0 Å². The van der Waals surface area contributed by atoms with Crippen molar-refractivity contribution in [1.82, 2.24) is 9.97 Å². The molecule has 0 amide bonds. The summed E-state index contributed by atoms with van der Waals surface area (Å²) >= 11 is 0. The van der Waals surface area contributed by atoms with E-state index >= 15 is 0 Å². The first-order valence-corrected chi connectivity index (χ1v) is 6.12. The van der Waals surface area contributed by atoms with Gasteiger partial charge in [0.15, 0.2) is 0 Å². The van der Waals surface area contributed by atoms with Gasteiger partial charge in [0.2, 0.25) is 0 Å². The zero-order valence-electron chi connectivity index (χ0n) is 11.6. The molecule has 0 saturated heterocycles. The number of anilines is 2. The topological polar surface area (TPSA) is 64.8 Å². The average molecular weight is 247 g/mol. The lowest BCUT2D eigenvalue weighted by Gasteiger charge is -2.23. The SMILES string of the molecule is CCC(C)(C)CNc1cc(N(C)CC#N)ncn1. The van der Waals surface area contributed by atoms with Gasteiger partial charge in [-0.2, -0.15) is 5.26 Å². The molecule has 0 aliphatic rings. The molecule has 0 spiro atoms. The highest BCUT2D eigenvalue weighted by molar-refractivity contribution is 5.48. The van der Waals surface area contributed by atoms with Crippen LogP contribution in [0.1, 0.15) is 27.2 Å². The highest BCUT2D eigenvalue weighted by Crippen LogP contribution is 2.20. The molecule has 0 atom stereocenters. The molecule has 0 bridgehead atoms. The lowest BCUT2D eigenvalue weighted by molar-refractivity contribution is 0.376. The van der Waals surface area contributed by atoms with E-state index in [2.05, 4.69) is 42.1 Å². The second kappa shape index (κ2) is 6.20. The first kappa shape index (κ1) is 14.2. The zero-order chi connectivity index (χ0) is 13.6. The summed E-state index contributed by atoms with van der Waals surface area (Å²) in [4.78, 5) is 10.1. The van der Waals surface area contributed by atoms with Crippen LogP contribution in [-0.4, -0.2) is 30.1 Å². The van der Waals surface area contributed by atoms with Crippen molar-refractivity contribution in [2.24, 2.45) is 5.41 Å². The van der Waals surface area contributed by atoms with Gasteiger partial charge in [-0.25, -0.2) is 9.97 Å². The summed E-state index contributed by atoms with van der Waals surface area (Å²) in [6, 6.07) is 3.96. The van der Waals surface area contributed by atoms with Gasteiger partial charge in [0.25, 0.3) is 0 Å². The predicted octanol–water partition coefficient (Wildman–Crippen LogP) is 2.28. The van der Waals surface area contributed by atoms with E-state index in [0.717, 1.165) is 24.6 Å². The lowest BCUT2D eigenvalue weighted by Crippen LogP contribution is -2.23. The number of nitrogens with zero attached hydrogens (tertiary/aromatic N) is 4. The number of hydrogen-bond donors (Lipinski definition) is 1. The first-order chi connectivity index (χ1) is 8.48. The van der Waals surface area contributed by atoms with E-state index in [0.29, 0.717) is 6.54 Å². The van der Waals surface area contributed by atoms with Crippen LogP contribution in [0.25, 0.3) is 0 Å². The number of nitriles is 1. The molecule has 1 N–H and O–H groups in total. The largest absolute Gasteiger partial charge is 0.369 e. The summed E-state index contributed by atoms with van der Waals surface area (Å²) in [6.45, 7) is 7.78. The Labute approximate surface area is 109 Å². The van der Waals surface area contributed by atoms with Gasteiger partial charge in [0.1, 0.15) is 24.5 Å². The van der Waals surface area contributed by atoms with Crippen LogP contribution in [-0.2, 0) is 0 Å². The maximum Gasteiger partial charge on any atom is 0.134 e. The van der Waals surface area contributed by atoms with Crippen molar-refractivity contribution < 1.29 is 0 Å². The summed E-state index contributed by atoms with van der Waals surface area (Å²) in [6.07, 6.45) is 2.62. The standard InChI is InChI=1S/C13H21N5/c1-5-13(2,3)9-15-11-8-12(17-10-16-11)18(4)7-6-14/h8,10H,5,7,9H2,1-4H3,(H,15,16,17). The van der Waals surface area contributed by atoms with Crippen LogP contribution < -0.4 is 10.2 Å². The second-order valence-electron chi connectivity index (χ2n) is 5.15. The Balaban J connectivity index is 2.68. The minimum absolute atomic E-state index is 0.240. The molecule has 0 saturated carbocycles. The van der Waals surface area contributed by atoms with Crippen LogP contribution in [0.2, 0.25) is 0 Å². The third-order valence-corrected chi connectivity index (χ3v) is 3.06. The van der Waals surface area contributed by atoms with Crippen LogP contribution in [0.4, 0.5) is 11.6 Å². The monoisotopic (exact) mass is 247 g/mol. The van der Waals surface area contributed by atoms with Gasteiger partial charge in [-0.1, -0.05) is 20.8 Å². The average Bonchev–Trinajstić information content (AvgIpc) is 2.37. The van der Waals surface area contributed by atoms with Gasteiger partial charge < -0.3 is 10.2 Å². The summed E-state index contributed by atoms with van der Waals surface area (Å²) in [5.74, 6) is 1.55. The Morgan fingerprint density at radius 2 is 2.17 bits per heavy atom. The molecule has 5 nitrogen and oxygen atoms in total. The van der Waals surface area contributed by atoms with Gasteiger partial charge in [0.05, 0.1) is 6.07 Å². The van der Waals surface area contributed by atoms with E-state index in [1.807, 2.05) is 13.1 Å². The van der Waals surface area contributed by atoms with Crippen molar-refractivity contribution in [2.45, 2.75) is 27.2 Å². The maximum absolute atomic E-state index is 8.66. The fraction of sp³-hybridized carbons (Fsp3) is 0.615. The number of hydrogen-bond acceptors (Lipinski definition) is 5. The first-order valence-electron chi connectivity index (χ1n) is 6.12. The van der Waals surface area contributed by atoms with E-state index in [-0.39, 0.29) is 5.41 Å². The van der Waals surface area contributed by atoms with Crippen LogP contribution in [0.15, 0.2) is 12.4 Å². The Kier molecular flexibility index (Phi) is 4.90. The molecule has 1 rings (SSSR count). The second-order valence-corrected chi connectivity index (χ2v) is 5.15. The van der Waals surface area contributed by atoms with E-state index in [1.54, 1.807) is 4.90 Å². The van der Waals surface area contributed by atoms with E-state index in [9.17, 15) is 0 Å². The number of nitrogens with one attached hydrogen (secondary N) is 1. The number of rotatable bonds is 6. The van der Waals surface area contributed by atoms with Crippen molar-refractivity contribution in [1.29, 1.82) is 5.26 Å². The molecule has 18 heavy (non-hydrogen) atoms. The van der Waals surface area contributed by atoms with Gasteiger partial charge in [-0.15, -0.1) is 0 Å². The lowest BCUT2D eigenvalue weighted by atomic mass is 9.90. The highest BCUT2D eigenvalue weighted by Gasteiger charge is 2.15. The zero-order valence-corrected chi connectivity index (χ0v) is 11.6. The summed E-state index contributed by atoms with van der Waals surface area (Å²) in [5.41, 5.74) is 0.240. The van der Waals surface area contributed by atoms with Crippen LogP contribution >= 0.6 is 0 Å². The normalized spacial score (nSPS) is 10.8. The maximum atomic E-state index is 8.66. The Hall–Kier alpha value is -1.83. The van der Waals surface area contributed by atoms with Gasteiger partial charge in [-0.05, 0) is 11.8 Å². The van der Waals surface area contributed by atoms with Gasteiger partial charge in [0, 0.05) is 19.7 Å². The molecule has 5 heteroatoms. The summed E-state index contributed by atoms with van der Waals surface area (Å²) < 4.78 is 0. The molecular weight excluding hydrogens is 226 g/mol. The van der Waals surface area contributed by atoms with Gasteiger partial charge in [-0.3, -0.25) is 0 Å². The molecule has 0 fully saturated rings. The Morgan fingerprint density at radius 3 is 2.78 bits per heavy atom. The molecule has 0 aliphatic carbocycles. The smallest absolute Gasteiger partial charge is 0.134 e. The molecule has 1 aromatic rings. The minimum Gasteiger partial charge on any atom is -0.369 e. The molecule has 98 valence electrons. The minimum atomic E-state index is 0.240.